The van der Waals surface area contributed by atoms with Gasteiger partial charge in [-0.3, -0.25) is 23.2 Å². The number of aryl methyl sites for hydroxylation is 2. The van der Waals surface area contributed by atoms with Crippen molar-refractivity contribution < 1.29 is 46.4 Å². The number of methoxy groups -OCH3 is 1. The molecule has 0 bridgehead atoms. The third-order valence-corrected chi connectivity index (χ3v) is 13.2. The summed E-state index contributed by atoms with van der Waals surface area (Å²) in [6, 6.07) is 10.8. The molecule has 1 aromatic carbocycles. The van der Waals surface area contributed by atoms with Crippen LogP contribution in [0, 0.1) is 19.3 Å². The molecule has 1 spiro atoms. The number of halogens is 2. The van der Waals surface area contributed by atoms with E-state index >= 15 is 0 Å². The lowest BCUT2D eigenvalue weighted by molar-refractivity contribution is -0.151. The topological polar surface area (TPSA) is 153 Å². The number of nitrogens with zero attached hydrogens (tertiary/aromatic N) is 6. The van der Waals surface area contributed by atoms with Gasteiger partial charge in [0.05, 0.1) is 45.5 Å². The minimum Gasteiger partial charge on any atom is -0.476 e. The van der Waals surface area contributed by atoms with Crippen LogP contribution in [0.5, 0.6) is 11.8 Å². The predicted molar refractivity (Wildman–Crippen MR) is 203 cm³/mol. The number of esters is 1. The second-order valence-corrected chi connectivity index (χ2v) is 17.2. The van der Waals surface area contributed by atoms with Gasteiger partial charge in [0, 0.05) is 57.2 Å². The van der Waals surface area contributed by atoms with E-state index in [1.165, 1.54) is 17.7 Å². The molecule has 2 saturated heterocycles. The van der Waals surface area contributed by atoms with Crippen molar-refractivity contribution in [3.05, 3.63) is 76.2 Å². The molecule has 0 aliphatic carbocycles. The van der Waals surface area contributed by atoms with Crippen molar-refractivity contribution in [2.24, 2.45) is 5.41 Å². The Hall–Kier alpha value is -3.97. The summed E-state index contributed by atoms with van der Waals surface area (Å²) in [7, 11) is -2.33. The smallest absolute Gasteiger partial charge is 0.312 e. The normalized spacial score (nSPS) is 20.0. The van der Waals surface area contributed by atoms with Crippen LogP contribution < -0.4 is 9.47 Å². The van der Waals surface area contributed by atoms with E-state index < -0.39 is 45.9 Å². The zero-order chi connectivity index (χ0) is 39.8. The Kier molecular flexibility index (Phi) is 11.6. The lowest BCUT2D eigenvalue weighted by atomic mass is 9.70. The highest BCUT2D eigenvalue weighted by Gasteiger charge is 2.46. The number of alkyl halides is 2. The van der Waals surface area contributed by atoms with E-state index in [2.05, 4.69) is 20.1 Å². The first kappa shape index (κ1) is 40.2. The number of pyridine rings is 2. The maximum Gasteiger partial charge on any atom is 0.312 e. The second kappa shape index (κ2) is 16.1. The molecule has 0 amide bonds. The van der Waals surface area contributed by atoms with Crippen LogP contribution >= 0.6 is 10.8 Å². The van der Waals surface area contributed by atoms with Gasteiger partial charge in [-0.2, -0.15) is 9.29 Å². The monoisotopic (exact) mass is 800 g/mol. The summed E-state index contributed by atoms with van der Waals surface area (Å²) in [6.07, 6.45) is -0.304. The Morgan fingerprint density at radius 3 is 2.48 bits per heavy atom. The zero-order valence-electron chi connectivity index (χ0n) is 32.4. The number of aromatic nitrogens is 4. The molecule has 3 aliphatic heterocycles. The number of carbonyl (C=O) groups excluding carboxylic acids is 1. The number of hydrogen-bond donors (Lipinski definition) is 2. The number of rotatable bonds is 11. The van der Waals surface area contributed by atoms with Gasteiger partial charge in [0.25, 0.3) is 6.43 Å². The minimum absolute atomic E-state index is 0.122. The van der Waals surface area contributed by atoms with Gasteiger partial charge in [-0.1, -0.05) is 18.2 Å². The fraction of sp³-hybridized carbons (Fsp3) is 0.538. The molecule has 14 nitrogen and oxygen atoms in total. The first-order chi connectivity index (χ1) is 26.7. The van der Waals surface area contributed by atoms with Crippen molar-refractivity contribution in [1.29, 1.82) is 0 Å². The van der Waals surface area contributed by atoms with Gasteiger partial charge < -0.3 is 23.7 Å². The molecular weight excluding hydrogens is 751 g/mol. The predicted octanol–water partition coefficient (Wildman–Crippen LogP) is 6.19. The van der Waals surface area contributed by atoms with E-state index in [9.17, 15) is 22.7 Å². The molecule has 3 aliphatic rings. The molecule has 56 heavy (non-hydrogen) atoms. The molecule has 4 aromatic rings. The standard InChI is InChI=1S/C39H50F2N6O8S/c1-25-6-7-27(32(38(3,4)37(48)51-5)29-10-13-47-34(26(29)2)43-44-35(47)33(40)41)22-28(25)23-46-24-39(11-17-52-18-12-39)55-36-30(56(46,49)50)8-9-31(42-36)54-21-16-45-14-19-53-20-15-45/h6-10,13,22,32-33,49-50H,11-12,14-21,23-24H2,1-5H3. The summed E-state index contributed by atoms with van der Waals surface area (Å²) >= 11 is 0. The maximum atomic E-state index is 13.8. The van der Waals surface area contributed by atoms with Gasteiger partial charge in [0.1, 0.15) is 17.1 Å². The van der Waals surface area contributed by atoms with Crippen LogP contribution in [0.1, 0.15) is 72.7 Å². The van der Waals surface area contributed by atoms with Gasteiger partial charge in [-0.05, 0) is 67.6 Å². The first-order valence-corrected chi connectivity index (χ1v) is 20.3. The third kappa shape index (κ3) is 7.82. The van der Waals surface area contributed by atoms with Crippen LogP contribution in [-0.4, -0.2) is 116 Å². The molecule has 0 saturated carbocycles. The van der Waals surface area contributed by atoms with E-state index in [1.807, 2.05) is 25.1 Å². The molecule has 0 radical (unpaired) electrons. The summed E-state index contributed by atoms with van der Waals surface area (Å²) in [4.78, 5) is 20.6. The Balaban J connectivity index is 1.24. The van der Waals surface area contributed by atoms with Crippen LogP contribution in [0.4, 0.5) is 8.78 Å². The van der Waals surface area contributed by atoms with E-state index in [-0.39, 0.29) is 29.5 Å². The lowest BCUT2D eigenvalue weighted by Crippen LogP contribution is -2.49. The molecule has 1 atom stereocenters. The summed E-state index contributed by atoms with van der Waals surface area (Å²) in [5.41, 5.74) is 2.00. The van der Waals surface area contributed by atoms with Crippen LogP contribution in [0.2, 0.25) is 0 Å². The van der Waals surface area contributed by atoms with Crippen LogP contribution in [0.3, 0.4) is 0 Å². The maximum absolute atomic E-state index is 13.8. The van der Waals surface area contributed by atoms with Gasteiger partial charge in [-0.15, -0.1) is 21.0 Å². The van der Waals surface area contributed by atoms with Crippen LogP contribution in [0.25, 0.3) is 5.65 Å². The number of benzene rings is 1. The van der Waals surface area contributed by atoms with Crippen LogP contribution in [-0.2, 0) is 25.5 Å². The molecular formula is C39H50F2N6O8S. The van der Waals surface area contributed by atoms with Crippen molar-refractivity contribution in [3.8, 4) is 11.8 Å². The number of hydrogen-bond acceptors (Lipinski definition) is 13. The van der Waals surface area contributed by atoms with Crippen molar-refractivity contribution in [3.63, 3.8) is 0 Å². The van der Waals surface area contributed by atoms with Crippen molar-refractivity contribution in [2.45, 2.75) is 69.9 Å². The minimum atomic E-state index is -3.66. The Labute approximate surface area is 326 Å². The quantitative estimate of drug-likeness (QED) is 0.166. The van der Waals surface area contributed by atoms with E-state index in [0.29, 0.717) is 69.4 Å². The molecule has 2 fully saturated rings. The number of carbonyl (C=O) groups is 1. The molecule has 17 heteroatoms. The highest BCUT2D eigenvalue weighted by Crippen LogP contribution is 2.59. The number of morpholine rings is 1. The fourth-order valence-electron chi connectivity index (χ4n) is 7.99. The Bertz CT molecular complexity index is 2050. The molecule has 2 N–H and O–H groups in total. The average Bonchev–Trinajstić information content (AvgIpc) is 3.60. The zero-order valence-corrected chi connectivity index (χ0v) is 33.2. The van der Waals surface area contributed by atoms with Gasteiger partial charge in [0.15, 0.2) is 5.65 Å². The highest BCUT2D eigenvalue weighted by atomic mass is 32.3. The van der Waals surface area contributed by atoms with Gasteiger partial charge in [0.2, 0.25) is 17.6 Å². The second-order valence-electron chi connectivity index (χ2n) is 15.3. The van der Waals surface area contributed by atoms with Gasteiger partial charge >= 0.3 is 5.97 Å². The van der Waals surface area contributed by atoms with Gasteiger partial charge in [-0.25, -0.2) is 8.78 Å². The molecule has 7 rings (SSSR count). The summed E-state index contributed by atoms with van der Waals surface area (Å²) in [5, 5.41) is 7.80. The van der Waals surface area contributed by atoms with E-state index in [4.69, 9.17) is 23.7 Å². The first-order valence-electron chi connectivity index (χ1n) is 18.8. The molecule has 1 unspecified atom stereocenters. The summed E-state index contributed by atoms with van der Waals surface area (Å²) in [6.45, 7) is 12.6. The van der Waals surface area contributed by atoms with Crippen molar-refractivity contribution in [2.75, 3.05) is 66.3 Å². The van der Waals surface area contributed by atoms with Crippen LogP contribution in [0.15, 0.2) is 47.5 Å². The average molecular weight is 801 g/mol. The SMILES string of the molecule is COC(=O)C(C)(C)C(c1ccc(C)c(CN2CC3(CCOCC3)Oc3nc(OCCN4CCOCC4)ccc3S2(O)O)c1)c1ccn2c(C(F)F)nnc2c1C. The molecule has 304 valence electrons. The Morgan fingerprint density at radius 1 is 1.04 bits per heavy atom. The summed E-state index contributed by atoms with van der Waals surface area (Å²) < 4.78 is 83.9. The third-order valence-electron chi connectivity index (χ3n) is 11.3. The fourth-order valence-corrected chi connectivity index (χ4v) is 9.57. The van der Waals surface area contributed by atoms with E-state index in [1.54, 1.807) is 43.3 Å². The van der Waals surface area contributed by atoms with Crippen molar-refractivity contribution in [1.82, 2.24) is 28.8 Å². The molecule has 3 aromatic heterocycles. The Morgan fingerprint density at radius 2 is 1.77 bits per heavy atom. The number of ether oxygens (including phenoxy) is 5. The summed E-state index contributed by atoms with van der Waals surface area (Å²) in [5.74, 6) is -1.10. The lowest BCUT2D eigenvalue weighted by Gasteiger charge is -2.44. The number of fused-ring (bicyclic) bond motifs is 2. The largest absolute Gasteiger partial charge is 0.476 e. The highest BCUT2D eigenvalue weighted by molar-refractivity contribution is 8.22. The van der Waals surface area contributed by atoms with Crippen molar-refractivity contribution >= 4 is 22.4 Å². The van der Waals surface area contributed by atoms with E-state index in [0.717, 1.165) is 29.8 Å². The molecule has 6 heterocycles.